The molecule has 0 radical (unpaired) electrons. The highest BCUT2D eigenvalue weighted by Gasteiger charge is 2.32. The second-order valence-electron chi connectivity index (χ2n) is 7.90. The number of benzene rings is 1. The standard InChI is InChI=1S/C21H29N4O8P/c1-14(2)31-18(26)11-24-34(29,33-15-7-4-3-5-8-15)30-12-16-9-6-10-17(32-16)25-13-23-19(20(22)27)21(25)28/h3-5,7-8,13-14,16-17,28H,6,9-12H2,1-2H3,(H2,22,27)(H,24,29). The molecule has 1 aliphatic rings. The molecule has 186 valence electrons. The normalized spacial score (nSPS) is 20.0. The number of rotatable bonds is 11. The second kappa shape index (κ2) is 11.5. The molecule has 1 amide bonds. The summed E-state index contributed by atoms with van der Waals surface area (Å²) in [6.45, 7) is 2.91. The van der Waals surface area contributed by atoms with E-state index in [0.717, 1.165) is 0 Å². The predicted molar refractivity (Wildman–Crippen MR) is 120 cm³/mol. The molecule has 34 heavy (non-hydrogen) atoms. The van der Waals surface area contributed by atoms with Gasteiger partial charge in [-0.1, -0.05) is 18.2 Å². The highest BCUT2D eigenvalue weighted by molar-refractivity contribution is 7.52. The van der Waals surface area contributed by atoms with E-state index in [1.807, 2.05) is 0 Å². The lowest BCUT2D eigenvalue weighted by Crippen LogP contribution is -2.31. The number of para-hydroxylation sites is 1. The summed E-state index contributed by atoms with van der Waals surface area (Å²) in [5, 5.41) is 12.7. The number of imidazole rings is 1. The largest absolute Gasteiger partial charge is 0.493 e. The van der Waals surface area contributed by atoms with E-state index in [9.17, 15) is 19.3 Å². The van der Waals surface area contributed by atoms with Crippen LogP contribution >= 0.6 is 7.75 Å². The molecule has 3 rings (SSSR count). The minimum atomic E-state index is -3.98. The van der Waals surface area contributed by atoms with Crippen molar-refractivity contribution in [3.63, 3.8) is 0 Å². The SMILES string of the molecule is CC(C)OC(=O)CNP(=O)(OCC1CCCC(n2cnc(C(N)=O)c2O)O1)Oc1ccccc1. The number of esters is 1. The third-order valence-corrected chi connectivity index (χ3v) is 6.31. The lowest BCUT2D eigenvalue weighted by atomic mass is 10.1. The first kappa shape index (κ1) is 25.7. The van der Waals surface area contributed by atoms with Crippen molar-refractivity contribution in [2.75, 3.05) is 13.2 Å². The van der Waals surface area contributed by atoms with E-state index in [-0.39, 0.29) is 30.8 Å². The monoisotopic (exact) mass is 496 g/mol. The van der Waals surface area contributed by atoms with E-state index in [0.29, 0.717) is 25.0 Å². The van der Waals surface area contributed by atoms with Crippen molar-refractivity contribution in [2.45, 2.75) is 51.5 Å². The number of aromatic nitrogens is 2. The molecule has 3 unspecified atom stereocenters. The molecule has 0 bridgehead atoms. The Hall–Kier alpha value is -2.92. The van der Waals surface area contributed by atoms with Crippen LogP contribution in [-0.2, 0) is 23.4 Å². The Morgan fingerprint density at radius 1 is 1.32 bits per heavy atom. The third-order valence-electron chi connectivity index (χ3n) is 4.82. The van der Waals surface area contributed by atoms with Crippen molar-refractivity contribution in [3.05, 3.63) is 42.4 Å². The summed E-state index contributed by atoms with van der Waals surface area (Å²) >= 11 is 0. The molecular weight excluding hydrogens is 467 g/mol. The van der Waals surface area contributed by atoms with Gasteiger partial charge in [-0.25, -0.2) is 14.6 Å². The van der Waals surface area contributed by atoms with E-state index in [1.165, 1.54) is 10.9 Å². The Kier molecular flexibility index (Phi) is 8.67. The first-order chi connectivity index (χ1) is 16.2. The lowest BCUT2D eigenvalue weighted by molar-refractivity contribution is -0.146. The van der Waals surface area contributed by atoms with Crippen LogP contribution in [0.3, 0.4) is 0 Å². The minimum absolute atomic E-state index is 0.120. The number of carbonyl (C=O) groups excluding carboxylic acids is 2. The third kappa shape index (κ3) is 7.04. The van der Waals surface area contributed by atoms with Gasteiger partial charge in [-0.2, -0.15) is 0 Å². The molecule has 0 aliphatic carbocycles. The zero-order valence-corrected chi connectivity index (χ0v) is 19.9. The van der Waals surface area contributed by atoms with E-state index >= 15 is 0 Å². The first-order valence-corrected chi connectivity index (χ1v) is 12.4. The number of nitrogens with two attached hydrogens (primary N) is 1. The molecular formula is C21H29N4O8P. The van der Waals surface area contributed by atoms with Gasteiger partial charge in [-0.15, -0.1) is 0 Å². The van der Waals surface area contributed by atoms with Crippen LogP contribution in [-0.4, -0.2) is 51.9 Å². The van der Waals surface area contributed by atoms with Crippen molar-refractivity contribution in [2.24, 2.45) is 5.73 Å². The highest BCUT2D eigenvalue weighted by atomic mass is 31.2. The summed E-state index contributed by atoms with van der Waals surface area (Å²) in [6, 6.07) is 8.40. The maximum atomic E-state index is 13.4. The molecule has 13 heteroatoms. The number of ether oxygens (including phenoxy) is 2. The van der Waals surface area contributed by atoms with Gasteiger partial charge in [-0.3, -0.25) is 18.7 Å². The molecule has 1 saturated heterocycles. The number of hydrogen-bond donors (Lipinski definition) is 3. The number of nitrogens with one attached hydrogen (secondary N) is 1. The van der Waals surface area contributed by atoms with E-state index in [2.05, 4.69) is 10.1 Å². The number of amides is 1. The maximum absolute atomic E-state index is 13.4. The Balaban J connectivity index is 1.65. The van der Waals surface area contributed by atoms with Gasteiger partial charge in [0.05, 0.1) is 18.8 Å². The molecule has 12 nitrogen and oxygen atoms in total. The van der Waals surface area contributed by atoms with Crippen LogP contribution in [0.1, 0.15) is 49.8 Å². The van der Waals surface area contributed by atoms with Gasteiger partial charge in [0.25, 0.3) is 5.91 Å². The molecule has 1 aromatic carbocycles. The van der Waals surface area contributed by atoms with Crippen molar-refractivity contribution < 1.29 is 37.8 Å². The Morgan fingerprint density at radius 3 is 2.71 bits per heavy atom. The van der Waals surface area contributed by atoms with Crippen LogP contribution in [0, 0.1) is 0 Å². The zero-order chi connectivity index (χ0) is 24.7. The van der Waals surface area contributed by atoms with Crippen LogP contribution in [0.4, 0.5) is 0 Å². The van der Waals surface area contributed by atoms with Gasteiger partial charge in [0, 0.05) is 0 Å². The van der Waals surface area contributed by atoms with Gasteiger partial charge < -0.3 is 24.8 Å². The summed E-state index contributed by atoms with van der Waals surface area (Å²) in [6.07, 6.45) is 1.67. The van der Waals surface area contributed by atoms with E-state index < -0.39 is 32.0 Å². The van der Waals surface area contributed by atoms with Gasteiger partial charge in [0.1, 0.15) is 24.8 Å². The summed E-state index contributed by atoms with van der Waals surface area (Å²) in [7, 11) is -3.98. The van der Waals surface area contributed by atoms with Crippen molar-refractivity contribution in [3.8, 4) is 11.6 Å². The van der Waals surface area contributed by atoms with Gasteiger partial charge in [0.15, 0.2) is 5.69 Å². The number of nitrogens with zero attached hydrogens (tertiary/aromatic N) is 2. The summed E-state index contributed by atoms with van der Waals surface area (Å²) in [5.74, 6) is -1.55. The van der Waals surface area contributed by atoms with Crippen molar-refractivity contribution in [1.29, 1.82) is 0 Å². The van der Waals surface area contributed by atoms with Gasteiger partial charge in [-0.05, 0) is 45.2 Å². The quantitative estimate of drug-likeness (QED) is 0.311. The van der Waals surface area contributed by atoms with Crippen LogP contribution in [0.25, 0.3) is 0 Å². The van der Waals surface area contributed by atoms with E-state index in [4.69, 9.17) is 24.3 Å². The van der Waals surface area contributed by atoms with Gasteiger partial charge in [0.2, 0.25) is 5.88 Å². The molecule has 2 aromatic rings. The number of primary amides is 1. The first-order valence-electron chi connectivity index (χ1n) is 10.8. The zero-order valence-electron chi connectivity index (χ0n) is 19.0. The molecule has 2 heterocycles. The Labute approximate surface area is 196 Å². The summed E-state index contributed by atoms with van der Waals surface area (Å²) < 4.78 is 36.9. The molecule has 0 saturated carbocycles. The Bertz CT molecular complexity index is 1030. The number of hydrogen-bond acceptors (Lipinski definition) is 9. The topological polar surface area (TPSA) is 164 Å². The highest BCUT2D eigenvalue weighted by Crippen LogP contribution is 2.45. The lowest BCUT2D eigenvalue weighted by Gasteiger charge is -2.31. The molecule has 1 aromatic heterocycles. The summed E-state index contributed by atoms with van der Waals surface area (Å²) in [4.78, 5) is 27.1. The fourth-order valence-electron chi connectivity index (χ4n) is 3.32. The smallest absolute Gasteiger partial charge is 0.459 e. The van der Waals surface area contributed by atoms with Crippen LogP contribution in [0.2, 0.25) is 0 Å². The molecule has 0 spiro atoms. The van der Waals surface area contributed by atoms with Crippen LogP contribution in [0.5, 0.6) is 11.6 Å². The fraction of sp³-hybridized carbons (Fsp3) is 0.476. The van der Waals surface area contributed by atoms with Crippen molar-refractivity contribution in [1.82, 2.24) is 14.6 Å². The predicted octanol–water partition coefficient (Wildman–Crippen LogP) is 2.50. The van der Waals surface area contributed by atoms with E-state index in [1.54, 1.807) is 44.2 Å². The minimum Gasteiger partial charge on any atom is -0.493 e. The average molecular weight is 496 g/mol. The number of carbonyl (C=O) groups is 2. The average Bonchev–Trinajstić information content (AvgIpc) is 3.19. The molecule has 3 atom stereocenters. The molecule has 1 fully saturated rings. The second-order valence-corrected chi connectivity index (χ2v) is 9.65. The summed E-state index contributed by atoms with van der Waals surface area (Å²) in [5.41, 5.74) is 4.95. The van der Waals surface area contributed by atoms with Crippen LogP contribution < -0.4 is 15.3 Å². The van der Waals surface area contributed by atoms with Crippen molar-refractivity contribution >= 4 is 19.6 Å². The molecule has 1 aliphatic heterocycles. The van der Waals surface area contributed by atoms with Crippen LogP contribution in [0.15, 0.2) is 36.7 Å². The van der Waals surface area contributed by atoms with Gasteiger partial charge >= 0.3 is 13.7 Å². The maximum Gasteiger partial charge on any atom is 0.459 e. The molecule has 4 N–H and O–H groups in total. The fourth-order valence-corrected chi connectivity index (χ4v) is 4.61. The number of aromatic hydroxyl groups is 1. The Morgan fingerprint density at radius 2 is 2.06 bits per heavy atom.